The summed E-state index contributed by atoms with van der Waals surface area (Å²) in [4.78, 5) is 24.0. The van der Waals surface area contributed by atoms with Crippen LogP contribution in [0, 0.1) is 13.8 Å². The molecule has 0 bridgehead atoms. The van der Waals surface area contributed by atoms with Gasteiger partial charge in [0.05, 0.1) is 11.4 Å². The number of aromatic nitrogens is 4. The van der Waals surface area contributed by atoms with Gasteiger partial charge in [-0.3, -0.25) is 10.1 Å². The molecular weight excluding hydrogens is 388 g/mol. The Morgan fingerprint density at radius 3 is 2.90 bits per heavy atom. The van der Waals surface area contributed by atoms with Crippen molar-refractivity contribution in [3.63, 3.8) is 0 Å². The van der Waals surface area contributed by atoms with Crippen LogP contribution >= 0.6 is 11.8 Å². The van der Waals surface area contributed by atoms with Crippen molar-refractivity contribution in [3.8, 4) is 5.69 Å². The molecule has 0 unspecified atom stereocenters. The van der Waals surface area contributed by atoms with Gasteiger partial charge in [0.15, 0.2) is 0 Å². The molecule has 1 aliphatic rings. The summed E-state index contributed by atoms with van der Waals surface area (Å²) in [6, 6.07) is 5.54. The molecule has 0 spiro atoms. The minimum atomic E-state index is -0.471. The second kappa shape index (κ2) is 10.2. The summed E-state index contributed by atoms with van der Waals surface area (Å²) in [5.41, 5.74) is 4.38. The first-order chi connectivity index (χ1) is 14.0. The van der Waals surface area contributed by atoms with Crippen molar-refractivity contribution >= 4 is 23.7 Å². The highest BCUT2D eigenvalue weighted by Gasteiger charge is 2.15. The van der Waals surface area contributed by atoms with Crippen molar-refractivity contribution < 1.29 is 9.59 Å². The molecule has 2 N–H and O–H groups in total. The summed E-state index contributed by atoms with van der Waals surface area (Å²) in [5, 5.41) is 17.3. The Balaban J connectivity index is 1.46. The van der Waals surface area contributed by atoms with Crippen LogP contribution in [0.5, 0.6) is 0 Å². The molecule has 2 aromatic rings. The van der Waals surface area contributed by atoms with Gasteiger partial charge in [-0.15, -0.1) is 5.10 Å². The first kappa shape index (κ1) is 21.0. The van der Waals surface area contributed by atoms with E-state index in [1.54, 1.807) is 4.68 Å². The Hall–Kier alpha value is -2.68. The quantitative estimate of drug-likeness (QED) is 0.533. The smallest absolute Gasteiger partial charge is 0.321 e. The van der Waals surface area contributed by atoms with Gasteiger partial charge >= 0.3 is 6.03 Å². The van der Waals surface area contributed by atoms with E-state index in [-0.39, 0.29) is 11.7 Å². The van der Waals surface area contributed by atoms with Crippen molar-refractivity contribution in [2.24, 2.45) is 0 Å². The van der Waals surface area contributed by atoms with Crippen LogP contribution in [0.15, 0.2) is 35.0 Å². The van der Waals surface area contributed by atoms with Crippen LogP contribution in [-0.2, 0) is 4.79 Å². The number of aryl methyl sites for hydroxylation is 2. The monoisotopic (exact) mass is 414 g/mol. The van der Waals surface area contributed by atoms with E-state index in [4.69, 9.17) is 0 Å². The third kappa shape index (κ3) is 6.15. The molecule has 154 valence electrons. The molecule has 0 saturated heterocycles. The number of rotatable bonds is 7. The number of nitrogens with zero attached hydrogens (tertiary/aromatic N) is 4. The lowest BCUT2D eigenvalue weighted by atomic mass is 9.97. The lowest BCUT2D eigenvalue weighted by molar-refractivity contribution is -0.117. The molecule has 0 atom stereocenters. The summed E-state index contributed by atoms with van der Waals surface area (Å²) in [7, 11) is 0. The predicted octanol–water partition coefficient (Wildman–Crippen LogP) is 3.09. The Bertz CT molecular complexity index is 908. The second-order valence-corrected chi connectivity index (χ2v) is 8.06. The molecular formula is C20H26N6O2S. The zero-order valence-electron chi connectivity index (χ0n) is 16.8. The molecule has 1 aromatic carbocycles. The molecule has 1 aliphatic carbocycles. The van der Waals surface area contributed by atoms with E-state index in [0.717, 1.165) is 36.1 Å². The Kier molecular flexibility index (Phi) is 7.40. The number of imide groups is 1. The Morgan fingerprint density at radius 1 is 1.24 bits per heavy atom. The van der Waals surface area contributed by atoms with Crippen LogP contribution in [0.3, 0.4) is 0 Å². The highest BCUT2D eigenvalue weighted by atomic mass is 32.2. The molecule has 0 aliphatic heterocycles. The van der Waals surface area contributed by atoms with Crippen LogP contribution in [0.2, 0.25) is 0 Å². The summed E-state index contributed by atoms with van der Waals surface area (Å²) in [6.45, 7) is 4.51. The van der Waals surface area contributed by atoms with Gasteiger partial charge in [-0.2, -0.15) is 4.68 Å². The maximum absolute atomic E-state index is 12.1. The molecule has 9 heteroatoms. The summed E-state index contributed by atoms with van der Waals surface area (Å²) in [6.07, 6.45) is 7.78. The number of benzene rings is 1. The lowest BCUT2D eigenvalue weighted by Crippen LogP contribution is -2.40. The predicted molar refractivity (Wildman–Crippen MR) is 112 cm³/mol. The van der Waals surface area contributed by atoms with Crippen molar-refractivity contribution in [3.05, 3.63) is 41.0 Å². The summed E-state index contributed by atoms with van der Waals surface area (Å²) in [5.74, 6) is -0.344. The van der Waals surface area contributed by atoms with Crippen LogP contribution in [0.1, 0.15) is 43.2 Å². The normalized spacial score (nSPS) is 13.7. The van der Waals surface area contributed by atoms with Gasteiger partial charge in [0.1, 0.15) is 0 Å². The number of urea groups is 1. The van der Waals surface area contributed by atoms with Crippen LogP contribution in [0.4, 0.5) is 4.79 Å². The van der Waals surface area contributed by atoms with Gasteiger partial charge in [-0.05, 0) is 73.6 Å². The number of hydrogen-bond donors (Lipinski definition) is 2. The van der Waals surface area contributed by atoms with Gasteiger partial charge in [-0.1, -0.05) is 35.5 Å². The van der Waals surface area contributed by atoms with E-state index in [0.29, 0.717) is 11.7 Å². The molecule has 0 fully saturated rings. The summed E-state index contributed by atoms with van der Waals surface area (Å²) >= 11 is 1.19. The van der Waals surface area contributed by atoms with Gasteiger partial charge < -0.3 is 5.32 Å². The van der Waals surface area contributed by atoms with E-state index in [1.807, 2.05) is 32.0 Å². The number of tetrazole rings is 1. The highest BCUT2D eigenvalue weighted by molar-refractivity contribution is 7.99. The number of allylic oxidation sites excluding steroid dienone is 1. The van der Waals surface area contributed by atoms with Crippen LogP contribution in [-0.4, -0.2) is 44.4 Å². The number of amides is 3. The fraction of sp³-hybridized carbons (Fsp3) is 0.450. The van der Waals surface area contributed by atoms with Crippen molar-refractivity contribution in [2.75, 3.05) is 12.3 Å². The molecule has 3 rings (SSSR count). The molecule has 3 amide bonds. The molecule has 1 heterocycles. The Labute approximate surface area is 174 Å². The molecule has 0 saturated carbocycles. The minimum Gasteiger partial charge on any atom is -0.337 e. The topological polar surface area (TPSA) is 102 Å². The maximum Gasteiger partial charge on any atom is 0.321 e. The number of carbonyl (C=O) groups excluding carboxylic acids is 2. The lowest BCUT2D eigenvalue weighted by Gasteiger charge is -2.13. The third-order valence-corrected chi connectivity index (χ3v) is 5.66. The fourth-order valence-corrected chi connectivity index (χ4v) is 3.86. The standard InChI is InChI=1S/C20H26N6O2S/c1-14-8-9-15(2)17(12-14)26-20(23-24-25-26)29-13-18(27)22-19(28)21-11-10-16-6-4-3-5-7-16/h6,8-9,12H,3-5,7,10-11,13H2,1-2H3,(H2,21,22,27,28). The zero-order chi connectivity index (χ0) is 20.6. The van der Waals surface area contributed by atoms with E-state index in [9.17, 15) is 9.59 Å². The molecule has 29 heavy (non-hydrogen) atoms. The third-order valence-electron chi connectivity index (χ3n) is 4.74. The van der Waals surface area contributed by atoms with Gasteiger partial charge in [0.2, 0.25) is 11.1 Å². The average molecular weight is 415 g/mol. The largest absolute Gasteiger partial charge is 0.337 e. The van der Waals surface area contributed by atoms with Crippen LogP contribution < -0.4 is 10.6 Å². The van der Waals surface area contributed by atoms with E-state index in [2.05, 4.69) is 32.2 Å². The van der Waals surface area contributed by atoms with E-state index < -0.39 is 6.03 Å². The average Bonchev–Trinajstić information content (AvgIpc) is 3.17. The van der Waals surface area contributed by atoms with Gasteiger partial charge in [-0.25, -0.2) is 4.79 Å². The van der Waals surface area contributed by atoms with E-state index >= 15 is 0 Å². The number of nitrogens with one attached hydrogen (secondary N) is 2. The summed E-state index contributed by atoms with van der Waals surface area (Å²) < 4.78 is 1.61. The van der Waals surface area contributed by atoms with Crippen LogP contribution in [0.25, 0.3) is 5.69 Å². The van der Waals surface area contributed by atoms with Crippen molar-refractivity contribution in [2.45, 2.75) is 51.1 Å². The van der Waals surface area contributed by atoms with Crippen molar-refractivity contribution in [1.82, 2.24) is 30.8 Å². The number of hydrogen-bond acceptors (Lipinski definition) is 6. The maximum atomic E-state index is 12.1. The molecule has 1 aromatic heterocycles. The fourth-order valence-electron chi connectivity index (χ4n) is 3.17. The van der Waals surface area contributed by atoms with Gasteiger partial charge in [0, 0.05) is 6.54 Å². The Morgan fingerprint density at radius 2 is 2.10 bits per heavy atom. The minimum absolute atomic E-state index is 0.0454. The number of carbonyl (C=O) groups is 2. The second-order valence-electron chi connectivity index (χ2n) is 7.11. The molecule has 8 nitrogen and oxygen atoms in total. The molecule has 0 radical (unpaired) electrons. The van der Waals surface area contributed by atoms with Crippen molar-refractivity contribution in [1.29, 1.82) is 0 Å². The van der Waals surface area contributed by atoms with Gasteiger partial charge in [0.25, 0.3) is 0 Å². The highest BCUT2D eigenvalue weighted by Crippen LogP contribution is 2.21. The first-order valence-corrected chi connectivity index (χ1v) is 10.8. The first-order valence-electron chi connectivity index (χ1n) is 9.77. The SMILES string of the molecule is Cc1ccc(C)c(-n2nnnc2SCC(=O)NC(=O)NCCC2=CCCCC2)c1. The number of thioether (sulfide) groups is 1. The zero-order valence-corrected chi connectivity index (χ0v) is 17.6. The van der Waals surface area contributed by atoms with E-state index in [1.165, 1.54) is 30.2 Å².